The van der Waals surface area contributed by atoms with Crippen LogP contribution in [0.1, 0.15) is 27.7 Å². The zero-order valence-electron chi connectivity index (χ0n) is 5.97. The average molecular weight is 244 g/mol. The predicted molar refractivity (Wildman–Crippen MR) is 41.7 cm³/mol. The van der Waals surface area contributed by atoms with Crippen LogP contribution in [0.3, 0.4) is 0 Å². The summed E-state index contributed by atoms with van der Waals surface area (Å²) >= 11 is 1.92. The van der Waals surface area contributed by atoms with Crippen molar-refractivity contribution >= 4 is 26.3 Å². The zero-order chi connectivity index (χ0) is 6.57. The fraction of sp³-hybridized carbons (Fsp3) is 1.00. The van der Waals surface area contributed by atoms with Gasteiger partial charge in [0.1, 0.15) is 0 Å². The molecule has 0 aromatic rings. The van der Waals surface area contributed by atoms with Gasteiger partial charge < -0.3 is 0 Å². The number of rotatable bonds is 3. The van der Waals surface area contributed by atoms with E-state index in [1.54, 1.807) is 0 Å². The Morgan fingerprint density at radius 2 is 1.00 bits per heavy atom. The first-order valence-electron chi connectivity index (χ1n) is 2.95. The van der Waals surface area contributed by atoms with Crippen LogP contribution in [0.5, 0.6) is 0 Å². The van der Waals surface area contributed by atoms with Crippen LogP contribution in [0.25, 0.3) is 0 Å². The third-order valence-corrected chi connectivity index (χ3v) is 11.9. The molecule has 50 valence electrons. The Kier molecular flexibility index (Phi) is 5.51. The van der Waals surface area contributed by atoms with Gasteiger partial charge in [-0.25, -0.2) is 0 Å². The molecule has 0 aliphatic heterocycles. The fourth-order valence-electron chi connectivity index (χ4n) is 0.222. The van der Waals surface area contributed by atoms with Crippen molar-refractivity contribution in [2.24, 2.45) is 0 Å². The van der Waals surface area contributed by atoms with E-state index < -0.39 is 0 Å². The molecule has 0 bridgehead atoms. The molecule has 0 radical (unpaired) electrons. The second-order valence-corrected chi connectivity index (χ2v) is 11.2. The van der Waals surface area contributed by atoms with Gasteiger partial charge in [-0.1, -0.05) is 0 Å². The molecule has 0 rings (SSSR count). The molecule has 0 saturated carbocycles. The zero-order valence-corrected chi connectivity index (χ0v) is 9.40. The van der Waals surface area contributed by atoms with Gasteiger partial charge in [-0.2, -0.15) is 0 Å². The molecule has 0 atom stereocenters. The summed E-state index contributed by atoms with van der Waals surface area (Å²) < 4.78 is 0. The van der Waals surface area contributed by atoms with E-state index in [0.717, 1.165) is 35.9 Å². The van der Waals surface area contributed by atoms with Crippen molar-refractivity contribution in [3.8, 4) is 0 Å². The number of hydrogen-bond donors (Lipinski definition) is 0. The van der Waals surface area contributed by atoms with E-state index >= 15 is 0 Å². The van der Waals surface area contributed by atoms with Gasteiger partial charge in [-0.3, -0.25) is 0 Å². The van der Waals surface area contributed by atoms with Crippen LogP contribution in [0.2, 0.25) is 9.63 Å². The van der Waals surface area contributed by atoms with Gasteiger partial charge in [0.2, 0.25) is 0 Å². The Hall–Kier alpha value is 1.04. The Bertz CT molecular complexity index is 42.5. The quantitative estimate of drug-likeness (QED) is 0.666. The standard InChI is InChI=1S/C6H14Se2/c1-5(2)7-8-6(3)4/h5-6H,1-4H3. The van der Waals surface area contributed by atoms with Gasteiger partial charge in [-0.05, 0) is 0 Å². The molecule has 0 aliphatic rings. The Morgan fingerprint density at radius 1 is 0.750 bits per heavy atom. The maximum atomic E-state index is 2.32. The van der Waals surface area contributed by atoms with Gasteiger partial charge in [-0.15, -0.1) is 0 Å². The molecule has 0 spiro atoms. The molecule has 0 saturated heterocycles. The van der Waals surface area contributed by atoms with Crippen LogP contribution < -0.4 is 0 Å². The van der Waals surface area contributed by atoms with E-state index in [-0.39, 0.29) is 0 Å². The Balaban J connectivity index is 2.93. The second kappa shape index (κ2) is 4.88. The van der Waals surface area contributed by atoms with Gasteiger partial charge in [0.15, 0.2) is 0 Å². The summed E-state index contributed by atoms with van der Waals surface area (Å²) in [7, 11) is 0. The van der Waals surface area contributed by atoms with Crippen LogP contribution >= 0.6 is 0 Å². The van der Waals surface area contributed by atoms with Crippen molar-refractivity contribution in [1.29, 1.82) is 0 Å². The van der Waals surface area contributed by atoms with Crippen molar-refractivity contribution in [3.63, 3.8) is 0 Å². The van der Waals surface area contributed by atoms with Crippen molar-refractivity contribution in [2.75, 3.05) is 0 Å². The molecule has 0 aliphatic carbocycles. The summed E-state index contributed by atoms with van der Waals surface area (Å²) in [5.74, 6) is 0. The van der Waals surface area contributed by atoms with Crippen LogP contribution in [0.4, 0.5) is 0 Å². The van der Waals surface area contributed by atoms with E-state index in [0.29, 0.717) is 0 Å². The fourth-order valence-corrected chi connectivity index (χ4v) is 6.00. The first-order chi connectivity index (χ1) is 3.63. The topological polar surface area (TPSA) is 0 Å². The molecule has 2 heteroatoms. The second-order valence-electron chi connectivity index (χ2n) is 2.29. The minimum atomic E-state index is 0.959. The van der Waals surface area contributed by atoms with Crippen molar-refractivity contribution in [1.82, 2.24) is 0 Å². The molecule has 0 heterocycles. The normalized spacial score (nSPS) is 11.2. The summed E-state index contributed by atoms with van der Waals surface area (Å²) in [4.78, 5) is 1.95. The number of hydrogen-bond acceptors (Lipinski definition) is 0. The first kappa shape index (κ1) is 9.04. The third-order valence-electron chi connectivity index (χ3n) is 0.440. The van der Waals surface area contributed by atoms with Gasteiger partial charge in [0, 0.05) is 0 Å². The molecule has 0 aromatic carbocycles. The molecule has 0 unspecified atom stereocenters. The summed E-state index contributed by atoms with van der Waals surface area (Å²) in [6, 6.07) is 0. The monoisotopic (exact) mass is 246 g/mol. The van der Waals surface area contributed by atoms with Gasteiger partial charge >= 0.3 is 63.6 Å². The Labute approximate surface area is 63.7 Å². The molecule has 0 amide bonds. The van der Waals surface area contributed by atoms with Crippen molar-refractivity contribution < 1.29 is 0 Å². The summed E-state index contributed by atoms with van der Waals surface area (Å²) in [6.45, 7) is 9.29. The van der Waals surface area contributed by atoms with Crippen LogP contribution in [0.15, 0.2) is 0 Å². The minimum absolute atomic E-state index is 0.959. The third kappa shape index (κ3) is 7.04. The van der Waals surface area contributed by atoms with E-state index in [9.17, 15) is 0 Å². The van der Waals surface area contributed by atoms with E-state index in [1.807, 2.05) is 0 Å². The molecule has 8 heavy (non-hydrogen) atoms. The molecule has 0 aromatic heterocycles. The van der Waals surface area contributed by atoms with Gasteiger partial charge in [0.25, 0.3) is 0 Å². The average Bonchev–Trinajstić information content (AvgIpc) is 1.61. The maximum absolute atomic E-state index is 2.32. The van der Waals surface area contributed by atoms with Crippen LogP contribution in [-0.4, -0.2) is 26.3 Å². The predicted octanol–water partition coefficient (Wildman–Crippen LogP) is 1.97. The first-order valence-corrected chi connectivity index (χ1v) is 9.26. The molecular formula is C6H14Se2. The molecule has 0 nitrogen and oxygen atoms in total. The SMILES string of the molecule is CC(C)[Se][Se]C(C)C. The summed E-state index contributed by atoms with van der Waals surface area (Å²) in [5, 5.41) is 0. The van der Waals surface area contributed by atoms with Crippen molar-refractivity contribution in [3.05, 3.63) is 0 Å². The van der Waals surface area contributed by atoms with E-state index in [1.165, 1.54) is 0 Å². The van der Waals surface area contributed by atoms with Gasteiger partial charge in [0.05, 0.1) is 0 Å². The summed E-state index contributed by atoms with van der Waals surface area (Å²) in [5.41, 5.74) is 0. The molecule has 0 N–H and O–H groups in total. The van der Waals surface area contributed by atoms with Crippen molar-refractivity contribution in [2.45, 2.75) is 37.3 Å². The van der Waals surface area contributed by atoms with E-state index in [4.69, 9.17) is 0 Å². The van der Waals surface area contributed by atoms with Crippen LogP contribution in [-0.2, 0) is 0 Å². The summed E-state index contributed by atoms with van der Waals surface area (Å²) in [6.07, 6.45) is 0. The van der Waals surface area contributed by atoms with E-state index in [2.05, 4.69) is 27.7 Å². The van der Waals surface area contributed by atoms with Crippen LogP contribution in [0, 0.1) is 0 Å². The Morgan fingerprint density at radius 3 is 1.12 bits per heavy atom. The molecular weight excluding hydrogens is 230 g/mol. The molecule has 0 fully saturated rings.